The molecule has 0 spiro atoms. The van der Waals surface area contributed by atoms with Crippen LogP contribution in [0.3, 0.4) is 0 Å². The molecule has 18 heteroatoms. The maximum absolute atomic E-state index is 14.4. The minimum absolute atomic E-state index is 0.00354. The van der Waals surface area contributed by atoms with Gasteiger partial charge in [-0.05, 0) is 24.3 Å². The molecule has 1 saturated heterocycles. The zero-order valence-electron chi connectivity index (χ0n) is 30.8. The molecule has 5 atom stereocenters. The van der Waals surface area contributed by atoms with Gasteiger partial charge in [0, 0.05) is 11.1 Å². The van der Waals surface area contributed by atoms with Crippen LogP contribution in [0.4, 0.5) is 0 Å². The summed E-state index contributed by atoms with van der Waals surface area (Å²) in [6.45, 7) is -0.689. The van der Waals surface area contributed by atoms with Crippen molar-refractivity contribution in [3.05, 3.63) is 41.0 Å². The number of esters is 3. The van der Waals surface area contributed by atoms with E-state index in [2.05, 4.69) is 0 Å². The Morgan fingerprint density at radius 2 is 1.04 bits per heavy atom. The third kappa shape index (κ3) is 6.85. The summed E-state index contributed by atoms with van der Waals surface area (Å²) in [5.74, 6) is -2.82. The summed E-state index contributed by atoms with van der Waals surface area (Å²) in [6.07, 6.45) is -9.03. The molecule has 0 aromatic heterocycles. The molecule has 0 unspecified atom stereocenters. The van der Waals surface area contributed by atoms with Crippen molar-refractivity contribution < 1.29 is 86.2 Å². The van der Waals surface area contributed by atoms with Crippen molar-refractivity contribution >= 4 is 17.9 Å². The molecule has 2 bridgehead atoms. The third-order valence-corrected chi connectivity index (χ3v) is 8.74. The number of carbonyl (C=O) groups is 3. The summed E-state index contributed by atoms with van der Waals surface area (Å²) in [4.78, 5) is 41.9. The summed E-state index contributed by atoms with van der Waals surface area (Å²) in [5, 5.41) is 22.9. The minimum Gasteiger partial charge on any atom is -0.493 e. The summed E-state index contributed by atoms with van der Waals surface area (Å²) < 4.78 is 72.4. The number of benzene rings is 3. The lowest BCUT2D eigenvalue weighted by Crippen LogP contribution is -2.61. The van der Waals surface area contributed by atoms with Crippen LogP contribution in [0.5, 0.6) is 51.7 Å². The highest BCUT2D eigenvalue weighted by Crippen LogP contribution is 2.54. The number of aliphatic hydroxyl groups excluding tert-OH is 2. The molecule has 1 fully saturated rings. The Kier molecular flexibility index (Phi) is 12.0. The fourth-order valence-electron chi connectivity index (χ4n) is 6.20. The van der Waals surface area contributed by atoms with Gasteiger partial charge in [-0.2, -0.15) is 0 Å². The van der Waals surface area contributed by atoms with E-state index in [0.29, 0.717) is 0 Å². The van der Waals surface area contributed by atoms with E-state index in [1.807, 2.05) is 0 Å². The van der Waals surface area contributed by atoms with Gasteiger partial charge in [0.15, 0.2) is 46.7 Å². The normalized spacial score (nSPS) is 20.6. The molecular weight excluding hydrogens is 720 g/mol. The van der Waals surface area contributed by atoms with Crippen molar-refractivity contribution in [1.29, 1.82) is 0 Å². The van der Waals surface area contributed by atoms with Crippen molar-refractivity contribution in [1.82, 2.24) is 0 Å². The van der Waals surface area contributed by atoms with Crippen LogP contribution in [0.15, 0.2) is 24.3 Å². The van der Waals surface area contributed by atoms with Gasteiger partial charge in [-0.1, -0.05) is 0 Å². The lowest BCUT2D eigenvalue weighted by atomic mass is 9.91. The lowest BCUT2D eigenvalue weighted by Gasteiger charge is -2.41. The Hall–Kier alpha value is -5.85. The summed E-state index contributed by atoms with van der Waals surface area (Å²) >= 11 is 0. The summed E-state index contributed by atoms with van der Waals surface area (Å²) in [6, 6.07) is 5.14. The second-order valence-electron chi connectivity index (χ2n) is 11.4. The maximum Gasteiger partial charge on any atom is 0.340 e. The van der Waals surface area contributed by atoms with Crippen LogP contribution < -0.4 is 42.6 Å². The van der Waals surface area contributed by atoms with Crippen molar-refractivity contribution in [2.24, 2.45) is 0 Å². The molecule has 2 aliphatic heterocycles. The van der Waals surface area contributed by atoms with Gasteiger partial charge >= 0.3 is 17.9 Å². The number of hydrogen-bond acceptors (Lipinski definition) is 18. The van der Waals surface area contributed by atoms with E-state index in [-0.39, 0.29) is 79.6 Å². The molecular formula is C36H40O18. The Morgan fingerprint density at radius 1 is 0.593 bits per heavy atom. The van der Waals surface area contributed by atoms with Crippen LogP contribution in [-0.4, -0.2) is 129 Å². The van der Waals surface area contributed by atoms with Gasteiger partial charge in [0.05, 0.1) is 80.7 Å². The average Bonchev–Trinajstić information content (AvgIpc) is 3.19. The van der Waals surface area contributed by atoms with E-state index in [0.717, 1.165) is 0 Å². The molecule has 3 aromatic carbocycles. The Balaban J connectivity index is 1.68. The average molecular weight is 761 g/mol. The fraction of sp³-hybridized carbons (Fsp3) is 0.417. The minimum atomic E-state index is -1.98. The summed E-state index contributed by atoms with van der Waals surface area (Å²) in [7, 11) is 12.0. The molecule has 2 N–H and O–H groups in total. The van der Waals surface area contributed by atoms with Crippen molar-refractivity contribution in [2.75, 3.05) is 70.6 Å². The van der Waals surface area contributed by atoms with Crippen LogP contribution in [0.2, 0.25) is 0 Å². The van der Waals surface area contributed by atoms with E-state index >= 15 is 0 Å². The van der Waals surface area contributed by atoms with E-state index in [1.54, 1.807) is 0 Å². The quantitative estimate of drug-likeness (QED) is 0.212. The monoisotopic (exact) mass is 760 g/mol. The fourth-order valence-corrected chi connectivity index (χ4v) is 6.20. The molecule has 0 amide bonds. The SMILES string of the molecule is COc1cc(C(=O)O[C@@H]2O[C@@H]3COC(=O)c4cc(OC)c(OC)c(OC)c4-c4c(cc(OC)c(OC)c4OC)C(=O)O[C@H]([C@H]2O)[C@@H]3O)cc(OC)c1OC. The van der Waals surface area contributed by atoms with Gasteiger partial charge in [-0.25, -0.2) is 14.4 Å². The molecule has 3 aromatic rings. The second-order valence-corrected chi connectivity index (χ2v) is 11.4. The van der Waals surface area contributed by atoms with E-state index < -0.39 is 55.2 Å². The molecule has 292 valence electrons. The molecule has 0 radical (unpaired) electrons. The van der Waals surface area contributed by atoms with Crippen LogP contribution in [0, 0.1) is 0 Å². The number of hydrogen-bond donors (Lipinski definition) is 2. The predicted molar refractivity (Wildman–Crippen MR) is 183 cm³/mol. The molecule has 54 heavy (non-hydrogen) atoms. The molecule has 5 rings (SSSR count). The highest BCUT2D eigenvalue weighted by Gasteiger charge is 2.50. The van der Waals surface area contributed by atoms with Gasteiger partial charge in [-0.15, -0.1) is 0 Å². The topological polar surface area (TPSA) is 212 Å². The number of ether oxygens (including phenoxy) is 13. The molecule has 18 nitrogen and oxygen atoms in total. The predicted octanol–water partition coefficient (Wildman–Crippen LogP) is 2.43. The van der Waals surface area contributed by atoms with Crippen LogP contribution >= 0.6 is 0 Å². The largest absolute Gasteiger partial charge is 0.493 e. The first-order valence-electron chi connectivity index (χ1n) is 16.0. The number of fused-ring (bicyclic) bond motifs is 5. The first-order valence-corrected chi connectivity index (χ1v) is 16.0. The Morgan fingerprint density at radius 3 is 1.48 bits per heavy atom. The highest BCUT2D eigenvalue weighted by atomic mass is 16.7. The third-order valence-electron chi connectivity index (χ3n) is 8.74. The van der Waals surface area contributed by atoms with E-state index in [9.17, 15) is 24.6 Å². The van der Waals surface area contributed by atoms with Crippen LogP contribution in [-0.2, 0) is 18.9 Å². The van der Waals surface area contributed by atoms with Gasteiger partial charge < -0.3 is 71.8 Å². The standard InChI is InChI=1S/C36H40O18/c1-42-18-10-15(11-19(43-2)27(18)46-5)33(39)54-36-26(38)32-25(37)22(52-36)14-51-34(40)16-12-20(44-3)28(47-6)30(49-8)23(16)24-17(35(41)53-32)13-21(45-4)29(48-7)31(24)50-9/h10-13,22,25-26,32,36-38H,14H2,1-9H3/t22-,25-,26-,32+,36+/m1/s1. The van der Waals surface area contributed by atoms with E-state index in [1.165, 1.54) is 88.3 Å². The summed E-state index contributed by atoms with van der Waals surface area (Å²) in [5.41, 5.74) is -0.789. The van der Waals surface area contributed by atoms with E-state index in [4.69, 9.17) is 61.6 Å². The zero-order valence-corrected chi connectivity index (χ0v) is 30.8. The van der Waals surface area contributed by atoms with Crippen LogP contribution in [0.25, 0.3) is 11.1 Å². The first-order chi connectivity index (χ1) is 26.0. The maximum atomic E-state index is 14.4. The smallest absolute Gasteiger partial charge is 0.340 e. The number of cyclic esters (lactones) is 1. The molecule has 2 aliphatic rings. The number of aliphatic hydroxyl groups is 2. The molecule has 0 saturated carbocycles. The van der Waals surface area contributed by atoms with Gasteiger partial charge in [0.25, 0.3) is 0 Å². The number of methoxy groups -OCH3 is 9. The Bertz CT molecular complexity index is 1880. The number of carbonyl (C=O) groups excluding carboxylic acids is 3. The van der Waals surface area contributed by atoms with Gasteiger partial charge in [0.1, 0.15) is 18.8 Å². The van der Waals surface area contributed by atoms with Crippen LogP contribution in [0.1, 0.15) is 31.1 Å². The molecule has 2 heterocycles. The highest BCUT2D eigenvalue weighted by molar-refractivity contribution is 6.08. The zero-order chi connectivity index (χ0) is 39.4. The Labute approximate surface area is 309 Å². The second kappa shape index (κ2) is 16.4. The lowest BCUT2D eigenvalue weighted by molar-refractivity contribution is -0.284. The van der Waals surface area contributed by atoms with Gasteiger partial charge in [-0.3, -0.25) is 0 Å². The van der Waals surface area contributed by atoms with Crippen molar-refractivity contribution in [3.8, 4) is 62.9 Å². The number of rotatable bonds is 11. The van der Waals surface area contributed by atoms with Gasteiger partial charge in [0.2, 0.25) is 23.5 Å². The van der Waals surface area contributed by atoms with Crippen molar-refractivity contribution in [3.63, 3.8) is 0 Å². The first kappa shape index (κ1) is 39.4. The van der Waals surface area contributed by atoms with Crippen molar-refractivity contribution in [2.45, 2.75) is 30.7 Å². The molecule has 0 aliphatic carbocycles.